The van der Waals surface area contributed by atoms with Crippen LogP contribution in [0.2, 0.25) is 0 Å². The van der Waals surface area contributed by atoms with Crippen LogP contribution in [0.4, 0.5) is 10.5 Å². The quantitative estimate of drug-likeness (QED) is 0.888. The van der Waals surface area contributed by atoms with Gasteiger partial charge >= 0.3 is 6.09 Å². The summed E-state index contributed by atoms with van der Waals surface area (Å²) in [7, 11) is 0. The van der Waals surface area contributed by atoms with Crippen molar-refractivity contribution in [2.24, 2.45) is 0 Å². The first-order valence-corrected chi connectivity index (χ1v) is 7.99. The number of hydrogen-bond donors (Lipinski definition) is 1. The van der Waals surface area contributed by atoms with E-state index in [-0.39, 0.29) is 25.3 Å². The van der Waals surface area contributed by atoms with E-state index in [2.05, 4.69) is 5.32 Å². The molecule has 0 atom stereocenters. The van der Waals surface area contributed by atoms with Gasteiger partial charge < -0.3 is 24.4 Å². The van der Waals surface area contributed by atoms with Gasteiger partial charge in [-0.25, -0.2) is 4.79 Å². The number of nitrogens with zero attached hydrogens (tertiary/aromatic N) is 2. The van der Waals surface area contributed by atoms with Gasteiger partial charge in [-0.05, 0) is 19.1 Å². The van der Waals surface area contributed by atoms with Crippen molar-refractivity contribution in [3.05, 3.63) is 18.2 Å². The van der Waals surface area contributed by atoms with Crippen molar-refractivity contribution >= 4 is 17.7 Å². The van der Waals surface area contributed by atoms with E-state index in [4.69, 9.17) is 14.2 Å². The number of ether oxygens (including phenoxy) is 3. The van der Waals surface area contributed by atoms with Gasteiger partial charge in [0.1, 0.15) is 0 Å². The molecule has 0 unspecified atom stereocenters. The van der Waals surface area contributed by atoms with Crippen molar-refractivity contribution < 1.29 is 23.8 Å². The highest BCUT2D eigenvalue weighted by Crippen LogP contribution is 2.34. The van der Waals surface area contributed by atoms with E-state index < -0.39 is 0 Å². The van der Waals surface area contributed by atoms with Crippen LogP contribution in [0.15, 0.2) is 18.2 Å². The summed E-state index contributed by atoms with van der Waals surface area (Å²) in [4.78, 5) is 27.5. The summed E-state index contributed by atoms with van der Waals surface area (Å²) in [6.07, 6.45) is -0.290. The lowest BCUT2D eigenvalue weighted by Crippen LogP contribution is -2.50. The smallest absolute Gasteiger partial charge is 0.409 e. The molecule has 1 fully saturated rings. The lowest BCUT2D eigenvalue weighted by atomic mass is 10.2. The van der Waals surface area contributed by atoms with Crippen LogP contribution < -0.4 is 14.8 Å². The summed E-state index contributed by atoms with van der Waals surface area (Å²) in [5.41, 5.74) is 0.675. The number of fused-ring (bicyclic) bond motifs is 1. The van der Waals surface area contributed by atoms with Crippen molar-refractivity contribution in [3.63, 3.8) is 0 Å². The summed E-state index contributed by atoms with van der Waals surface area (Å²) in [6, 6.07) is 5.30. The van der Waals surface area contributed by atoms with Gasteiger partial charge in [0.05, 0.1) is 13.2 Å². The molecule has 1 saturated heterocycles. The lowest BCUT2D eigenvalue weighted by Gasteiger charge is -2.33. The SMILES string of the molecule is CCOC(=O)N1CCN(CC(=O)Nc2ccc3c(c2)OCO3)CC1. The zero-order chi connectivity index (χ0) is 16.9. The van der Waals surface area contributed by atoms with Crippen molar-refractivity contribution in [1.82, 2.24) is 9.80 Å². The van der Waals surface area contributed by atoms with Gasteiger partial charge in [0.15, 0.2) is 11.5 Å². The first kappa shape index (κ1) is 16.4. The van der Waals surface area contributed by atoms with Gasteiger partial charge in [0.2, 0.25) is 12.7 Å². The molecule has 2 heterocycles. The zero-order valence-electron chi connectivity index (χ0n) is 13.6. The Balaban J connectivity index is 1.45. The maximum absolute atomic E-state index is 12.2. The van der Waals surface area contributed by atoms with Crippen LogP contribution in [0.3, 0.4) is 0 Å². The minimum Gasteiger partial charge on any atom is -0.454 e. The minimum atomic E-state index is -0.290. The van der Waals surface area contributed by atoms with Crippen LogP contribution in [0.1, 0.15) is 6.92 Å². The third kappa shape index (κ3) is 3.88. The highest BCUT2D eigenvalue weighted by atomic mass is 16.7. The molecule has 2 amide bonds. The summed E-state index contributed by atoms with van der Waals surface area (Å²) in [5.74, 6) is 1.22. The van der Waals surface area contributed by atoms with Gasteiger partial charge in [0.25, 0.3) is 0 Å². The van der Waals surface area contributed by atoms with E-state index in [0.717, 1.165) is 0 Å². The Morgan fingerprint density at radius 1 is 1.17 bits per heavy atom. The van der Waals surface area contributed by atoms with E-state index in [9.17, 15) is 9.59 Å². The molecule has 2 aliphatic heterocycles. The Labute approximate surface area is 140 Å². The van der Waals surface area contributed by atoms with Crippen LogP contribution in [0.25, 0.3) is 0 Å². The molecule has 3 rings (SSSR count). The van der Waals surface area contributed by atoms with E-state index >= 15 is 0 Å². The average Bonchev–Trinajstić information content (AvgIpc) is 3.03. The molecule has 1 N–H and O–H groups in total. The molecular weight excluding hydrogens is 314 g/mol. The predicted octanol–water partition coefficient (Wildman–Crippen LogP) is 1.13. The maximum atomic E-state index is 12.2. The number of piperazine rings is 1. The Morgan fingerprint density at radius 3 is 2.67 bits per heavy atom. The average molecular weight is 335 g/mol. The standard InChI is InChI=1S/C16H21N3O5/c1-2-22-16(21)19-7-5-18(6-8-19)10-15(20)17-12-3-4-13-14(9-12)24-11-23-13/h3-4,9H,2,5-8,10-11H2,1H3,(H,17,20). The number of nitrogens with one attached hydrogen (secondary N) is 1. The fourth-order valence-corrected chi connectivity index (χ4v) is 2.68. The number of benzene rings is 1. The maximum Gasteiger partial charge on any atom is 0.409 e. The molecule has 8 heteroatoms. The Hall–Kier alpha value is -2.48. The van der Waals surface area contributed by atoms with Gasteiger partial charge in [-0.2, -0.15) is 0 Å². The third-order valence-corrected chi connectivity index (χ3v) is 3.92. The minimum absolute atomic E-state index is 0.0987. The zero-order valence-corrected chi connectivity index (χ0v) is 13.6. The molecular formula is C16H21N3O5. The third-order valence-electron chi connectivity index (χ3n) is 3.92. The molecule has 1 aromatic carbocycles. The Kier molecular flexibility index (Phi) is 5.05. The summed E-state index contributed by atoms with van der Waals surface area (Å²) in [6.45, 7) is 5.07. The summed E-state index contributed by atoms with van der Waals surface area (Å²) < 4.78 is 15.5. The number of amides is 2. The first-order chi connectivity index (χ1) is 11.7. The normalized spacial score (nSPS) is 16.8. The second-order valence-electron chi connectivity index (χ2n) is 5.58. The molecule has 2 aliphatic rings. The van der Waals surface area contributed by atoms with Gasteiger partial charge in [-0.15, -0.1) is 0 Å². The topological polar surface area (TPSA) is 80.3 Å². The largest absolute Gasteiger partial charge is 0.454 e. The molecule has 1 aromatic rings. The van der Waals surface area contributed by atoms with Crippen molar-refractivity contribution in [2.75, 3.05) is 51.4 Å². The van der Waals surface area contributed by atoms with E-state index in [0.29, 0.717) is 50.0 Å². The number of carbonyl (C=O) groups excluding carboxylic acids is 2. The second-order valence-corrected chi connectivity index (χ2v) is 5.58. The molecule has 0 radical (unpaired) electrons. The van der Waals surface area contributed by atoms with Gasteiger partial charge in [0, 0.05) is 37.9 Å². The number of carbonyl (C=O) groups is 2. The Bertz CT molecular complexity index is 614. The molecule has 24 heavy (non-hydrogen) atoms. The van der Waals surface area contributed by atoms with Gasteiger partial charge in [-0.1, -0.05) is 0 Å². The molecule has 0 spiro atoms. The number of rotatable bonds is 4. The van der Waals surface area contributed by atoms with E-state index in [1.807, 2.05) is 4.90 Å². The van der Waals surface area contributed by atoms with E-state index in [1.54, 1.807) is 30.0 Å². The van der Waals surface area contributed by atoms with Crippen LogP contribution in [0, 0.1) is 0 Å². The second kappa shape index (κ2) is 7.39. The molecule has 0 aliphatic carbocycles. The van der Waals surface area contributed by atoms with Crippen LogP contribution in [-0.2, 0) is 9.53 Å². The molecule has 0 bridgehead atoms. The van der Waals surface area contributed by atoms with Crippen LogP contribution in [0.5, 0.6) is 11.5 Å². The predicted molar refractivity (Wildman–Crippen MR) is 86.2 cm³/mol. The molecule has 0 aromatic heterocycles. The molecule has 8 nitrogen and oxygen atoms in total. The summed E-state index contributed by atoms with van der Waals surface area (Å²) >= 11 is 0. The number of hydrogen-bond acceptors (Lipinski definition) is 6. The lowest BCUT2D eigenvalue weighted by molar-refractivity contribution is -0.117. The fraction of sp³-hybridized carbons (Fsp3) is 0.500. The summed E-state index contributed by atoms with van der Waals surface area (Å²) in [5, 5.41) is 2.85. The molecule has 0 saturated carbocycles. The highest BCUT2D eigenvalue weighted by molar-refractivity contribution is 5.92. The van der Waals surface area contributed by atoms with Crippen molar-refractivity contribution in [1.29, 1.82) is 0 Å². The van der Waals surface area contributed by atoms with Crippen LogP contribution in [-0.4, -0.2) is 67.9 Å². The molecule has 130 valence electrons. The van der Waals surface area contributed by atoms with Gasteiger partial charge in [-0.3, -0.25) is 9.69 Å². The Morgan fingerprint density at radius 2 is 1.92 bits per heavy atom. The van der Waals surface area contributed by atoms with Crippen molar-refractivity contribution in [3.8, 4) is 11.5 Å². The monoisotopic (exact) mass is 335 g/mol. The number of anilines is 1. The highest BCUT2D eigenvalue weighted by Gasteiger charge is 2.23. The fourth-order valence-electron chi connectivity index (χ4n) is 2.68. The van der Waals surface area contributed by atoms with Crippen molar-refractivity contribution in [2.45, 2.75) is 6.92 Å². The van der Waals surface area contributed by atoms with Crippen LogP contribution >= 0.6 is 0 Å². The van der Waals surface area contributed by atoms with E-state index in [1.165, 1.54) is 0 Å². The first-order valence-electron chi connectivity index (χ1n) is 7.99.